The van der Waals surface area contributed by atoms with Crippen LogP contribution in [0.25, 0.3) is 11.4 Å². The van der Waals surface area contributed by atoms with Crippen LogP contribution in [-0.2, 0) is 4.79 Å². The second-order valence-corrected chi connectivity index (χ2v) is 7.17. The minimum Gasteiger partial charge on any atom is -0.481 e. The summed E-state index contributed by atoms with van der Waals surface area (Å²) in [5, 5.41) is 4.67. The van der Waals surface area contributed by atoms with Gasteiger partial charge in [0.2, 0.25) is 11.7 Å². The summed E-state index contributed by atoms with van der Waals surface area (Å²) in [5.41, 5.74) is 0.777. The number of hydrogen-bond donors (Lipinski definition) is 0. The van der Waals surface area contributed by atoms with E-state index in [0.717, 1.165) is 18.4 Å². The average Bonchev–Trinajstić information content (AvgIpc) is 3.37. The van der Waals surface area contributed by atoms with Crippen LogP contribution >= 0.6 is 11.6 Å². The van der Waals surface area contributed by atoms with Gasteiger partial charge in [-0.3, -0.25) is 4.79 Å². The maximum absolute atomic E-state index is 12.9. The fourth-order valence-electron chi connectivity index (χ4n) is 3.39. The van der Waals surface area contributed by atoms with Gasteiger partial charge in [-0.25, -0.2) is 0 Å². The minimum atomic E-state index is -0.599. The molecule has 1 amide bonds. The van der Waals surface area contributed by atoms with Gasteiger partial charge in [0.1, 0.15) is 11.8 Å². The van der Waals surface area contributed by atoms with Crippen LogP contribution in [0.3, 0.4) is 0 Å². The van der Waals surface area contributed by atoms with Gasteiger partial charge in [-0.05, 0) is 44.0 Å². The molecule has 1 aliphatic rings. The van der Waals surface area contributed by atoms with E-state index in [1.165, 1.54) is 0 Å². The van der Waals surface area contributed by atoms with Crippen molar-refractivity contribution in [1.82, 2.24) is 15.0 Å². The molecule has 1 aliphatic heterocycles. The van der Waals surface area contributed by atoms with Gasteiger partial charge in [0, 0.05) is 17.1 Å². The Kier molecular flexibility index (Phi) is 5.30. The molecule has 0 aliphatic carbocycles. The SMILES string of the molecule is C[C@@H](Oc1ccccc1)C(=O)N1CCC[C@H]1c1nc(-c2cccc(Cl)c2)no1. The molecule has 3 aromatic rings. The molecule has 6 nitrogen and oxygen atoms in total. The number of carbonyl (C=O) groups is 1. The van der Waals surface area contributed by atoms with Gasteiger partial charge in [0.05, 0.1) is 0 Å². The third kappa shape index (κ3) is 3.87. The molecule has 2 atom stereocenters. The summed E-state index contributed by atoms with van der Waals surface area (Å²) in [6, 6.07) is 16.4. The monoisotopic (exact) mass is 397 g/mol. The predicted octanol–water partition coefficient (Wildman–Crippen LogP) is 4.52. The summed E-state index contributed by atoms with van der Waals surface area (Å²) >= 11 is 6.04. The van der Waals surface area contributed by atoms with Crippen LogP contribution in [0.5, 0.6) is 5.75 Å². The molecule has 1 saturated heterocycles. The second-order valence-electron chi connectivity index (χ2n) is 6.73. The number of hydrogen-bond acceptors (Lipinski definition) is 5. The van der Waals surface area contributed by atoms with E-state index in [1.54, 1.807) is 24.0 Å². The Morgan fingerprint density at radius 1 is 1.25 bits per heavy atom. The largest absolute Gasteiger partial charge is 0.481 e. The van der Waals surface area contributed by atoms with Crippen LogP contribution in [0.4, 0.5) is 0 Å². The maximum Gasteiger partial charge on any atom is 0.264 e. The summed E-state index contributed by atoms with van der Waals surface area (Å²) < 4.78 is 11.3. The van der Waals surface area contributed by atoms with Crippen molar-refractivity contribution < 1.29 is 14.1 Å². The Morgan fingerprint density at radius 2 is 2.07 bits per heavy atom. The third-order valence-corrected chi connectivity index (χ3v) is 4.98. The molecule has 0 N–H and O–H groups in total. The minimum absolute atomic E-state index is 0.0890. The van der Waals surface area contributed by atoms with Crippen molar-refractivity contribution in [2.75, 3.05) is 6.54 Å². The molecule has 0 radical (unpaired) electrons. The van der Waals surface area contributed by atoms with Crippen molar-refractivity contribution >= 4 is 17.5 Å². The number of nitrogens with zero attached hydrogens (tertiary/aromatic N) is 3. The number of carbonyl (C=O) groups excluding carboxylic acids is 1. The Hall–Kier alpha value is -2.86. The lowest BCUT2D eigenvalue weighted by atomic mass is 10.2. The van der Waals surface area contributed by atoms with E-state index >= 15 is 0 Å². The first-order chi connectivity index (χ1) is 13.6. The molecule has 0 unspecified atom stereocenters. The molecule has 2 aromatic carbocycles. The second kappa shape index (κ2) is 8.02. The summed E-state index contributed by atoms with van der Waals surface area (Å²) in [5.74, 6) is 1.48. The van der Waals surface area contributed by atoms with E-state index < -0.39 is 6.10 Å². The molecule has 0 saturated carbocycles. The van der Waals surface area contributed by atoms with Crippen LogP contribution < -0.4 is 4.74 Å². The quantitative estimate of drug-likeness (QED) is 0.633. The first-order valence-corrected chi connectivity index (χ1v) is 9.61. The smallest absolute Gasteiger partial charge is 0.264 e. The molecular weight excluding hydrogens is 378 g/mol. The fraction of sp³-hybridized carbons (Fsp3) is 0.286. The van der Waals surface area contributed by atoms with Gasteiger partial charge in [0.15, 0.2) is 6.10 Å². The third-order valence-electron chi connectivity index (χ3n) is 4.75. The molecule has 4 rings (SSSR count). The van der Waals surface area contributed by atoms with Gasteiger partial charge >= 0.3 is 0 Å². The van der Waals surface area contributed by atoms with E-state index in [0.29, 0.717) is 29.0 Å². The van der Waals surface area contributed by atoms with Gasteiger partial charge in [-0.15, -0.1) is 0 Å². The van der Waals surface area contributed by atoms with Gasteiger partial charge in [-0.2, -0.15) is 4.98 Å². The lowest BCUT2D eigenvalue weighted by molar-refractivity contribution is -0.139. The van der Waals surface area contributed by atoms with Crippen molar-refractivity contribution in [3.63, 3.8) is 0 Å². The maximum atomic E-state index is 12.9. The first kappa shape index (κ1) is 18.5. The zero-order chi connectivity index (χ0) is 19.5. The number of likely N-dealkylation sites (tertiary alicyclic amines) is 1. The lowest BCUT2D eigenvalue weighted by Crippen LogP contribution is -2.40. The average molecular weight is 398 g/mol. The normalized spacial score (nSPS) is 17.5. The van der Waals surface area contributed by atoms with E-state index in [1.807, 2.05) is 42.5 Å². The Morgan fingerprint density at radius 3 is 2.86 bits per heavy atom. The fourth-order valence-corrected chi connectivity index (χ4v) is 3.58. The van der Waals surface area contributed by atoms with E-state index in [2.05, 4.69) is 10.1 Å². The van der Waals surface area contributed by atoms with Gasteiger partial charge < -0.3 is 14.2 Å². The van der Waals surface area contributed by atoms with Gasteiger partial charge in [-0.1, -0.05) is 47.1 Å². The Balaban J connectivity index is 1.50. The molecule has 0 bridgehead atoms. The summed E-state index contributed by atoms with van der Waals surface area (Å²) in [7, 11) is 0. The van der Waals surface area contributed by atoms with Crippen molar-refractivity contribution in [3.05, 3.63) is 65.5 Å². The molecular formula is C21H20ClN3O3. The van der Waals surface area contributed by atoms with Crippen molar-refractivity contribution in [1.29, 1.82) is 0 Å². The summed E-state index contributed by atoms with van der Waals surface area (Å²) in [6.45, 7) is 2.40. The van der Waals surface area contributed by atoms with E-state index in [9.17, 15) is 4.79 Å². The lowest BCUT2D eigenvalue weighted by Gasteiger charge is -2.25. The Bertz CT molecular complexity index is 960. The van der Waals surface area contributed by atoms with Crippen LogP contribution in [0.1, 0.15) is 31.7 Å². The number of ether oxygens (including phenoxy) is 1. The number of aromatic nitrogens is 2. The standard InChI is InChI=1S/C21H20ClN3O3/c1-14(27-17-9-3-2-4-10-17)21(26)25-12-6-11-18(25)20-23-19(24-28-20)15-7-5-8-16(22)13-15/h2-5,7-10,13-14,18H,6,11-12H2,1H3/t14-,18+/m1/s1. The highest BCUT2D eigenvalue weighted by Gasteiger charge is 2.36. The van der Waals surface area contributed by atoms with E-state index in [-0.39, 0.29) is 11.9 Å². The molecule has 144 valence electrons. The molecule has 28 heavy (non-hydrogen) atoms. The zero-order valence-electron chi connectivity index (χ0n) is 15.4. The van der Waals surface area contributed by atoms with Crippen LogP contribution in [-0.4, -0.2) is 33.6 Å². The van der Waals surface area contributed by atoms with Gasteiger partial charge in [0.25, 0.3) is 5.91 Å². The van der Waals surface area contributed by atoms with Crippen LogP contribution in [0.15, 0.2) is 59.1 Å². The number of para-hydroxylation sites is 1. The first-order valence-electron chi connectivity index (χ1n) is 9.23. The van der Waals surface area contributed by atoms with Crippen molar-refractivity contribution in [2.45, 2.75) is 31.9 Å². The van der Waals surface area contributed by atoms with Crippen molar-refractivity contribution in [3.8, 4) is 17.1 Å². The number of rotatable bonds is 5. The Labute approximate surface area is 168 Å². The number of halogens is 1. The van der Waals surface area contributed by atoms with Crippen LogP contribution in [0, 0.1) is 0 Å². The highest BCUT2D eigenvalue weighted by molar-refractivity contribution is 6.30. The highest BCUT2D eigenvalue weighted by Crippen LogP contribution is 2.33. The summed E-state index contributed by atoms with van der Waals surface area (Å²) in [6.07, 6.45) is 1.06. The predicted molar refractivity (Wildman–Crippen MR) is 105 cm³/mol. The molecule has 0 spiro atoms. The molecule has 2 heterocycles. The number of amides is 1. The zero-order valence-corrected chi connectivity index (χ0v) is 16.2. The molecule has 1 fully saturated rings. The summed E-state index contributed by atoms with van der Waals surface area (Å²) in [4.78, 5) is 19.2. The van der Waals surface area contributed by atoms with E-state index in [4.69, 9.17) is 20.9 Å². The molecule has 1 aromatic heterocycles. The number of benzene rings is 2. The highest BCUT2D eigenvalue weighted by atomic mass is 35.5. The molecule has 7 heteroatoms. The van der Waals surface area contributed by atoms with Crippen molar-refractivity contribution in [2.24, 2.45) is 0 Å². The topological polar surface area (TPSA) is 68.5 Å². The van der Waals surface area contributed by atoms with Crippen LogP contribution in [0.2, 0.25) is 5.02 Å².